The molecule has 54 heavy (non-hydrogen) atoms. The maximum atomic E-state index is 15.3. The van der Waals surface area contributed by atoms with E-state index in [1.807, 2.05) is 84.9 Å². The lowest BCUT2D eigenvalue weighted by Gasteiger charge is -2.39. The molecule has 0 aromatic heterocycles. The number of nitrogens with zero attached hydrogens (tertiary/aromatic N) is 3. The van der Waals surface area contributed by atoms with E-state index in [9.17, 15) is 14.7 Å². The Labute approximate surface area is 316 Å². The second kappa shape index (κ2) is 13.9. The monoisotopic (exact) mass is 729 g/mol. The molecule has 1 N–H and O–H groups in total. The molecule has 4 aromatic rings. The molecule has 8 rings (SSSR count). The highest BCUT2D eigenvalue weighted by Gasteiger charge is 2.66. The molecule has 10 heteroatoms. The van der Waals surface area contributed by atoms with Gasteiger partial charge in [-0.1, -0.05) is 75.4 Å². The highest BCUT2D eigenvalue weighted by atomic mass is 16.5. The third-order valence-electron chi connectivity index (χ3n) is 12.2. The van der Waals surface area contributed by atoms with Crippen LogP contribution in [-0.2, 0) is 36.7 Å². The Morgan fingerprint density at radius 2 is 1.70 bits per heavy atom. The van der Waals surface area contributed by atoms with Gasteiger partial charge in [-0.15, -0.1) is 0 Å². The van der Waals surface area contributed by atoms with Crippen LogP contribution in [0.15, 0.2) is 97.1 Å². The molecule has 3 amide bonds. The second-order valence-electron chi connectivity index (χ2n) is 15.5. The van der Waals surface area contributed by atoms with Gasteiger partial charge in [-0.25, -0.2) is 0 Å². The van der Waals surface area contributed by atoms with Crippen LogP contribution in [0.1, 0.15) is 56.7 Å². The van der Waals surface area contributed by atoms with Gasteiger partial charge in [0.25, 0.3) is 11.8 Å². The van der Waals surface area contributed by atoms with E-state index in [0.717, 1.165) is 41.0 Å². The van der Waals surface area contributed by atoms with Crippen LogP contribution < -0.4 is 19.3 Å². The summed E-state index contributed by atoms with van der Waals surface area (Å²) in [5.41, 5.74) is 2.96. The Morgan fingerprint density at radius 1 is 0.963 bits per heavy atom. The van der Waals surface area contributed by atoms with Crippen LogP contribution in [0.2, 0.25) is 0 Å². The van der Waals surface area contributed by atoms with Crippen LogP contribution in [-0.4, -0.2) is 66.7 Å². The van der Waals surface area contributed by atoms with Crippen molar-refractivity contribution < 1.29 is 33.7 Å². The van der Waals surface area contributed by atoms with Gasteiger partial charge in [0, 0.05) is 29.6 Å². The normalized spacial score (nSPS) is 24.9. The Balaban J connectivity index is 1.16. The first-order chi connectivity index (χ1) is 26.1. The van der Waals surface area contributed by atoms with Crippen LogP contribution in [0.25, 0.3) is 0 Å². The first-order valence-corrected chi connectivity index (χ1v) is 18.9. The molecule has 4 heterocycles. The topological polar surface area (TPSA) is 109 Å². The summed E-state index contributed by atoms with van der Waals surface area (Å²) in [5, 5.41) is 10.1. The quantitative estimate of drug-likeness (QED) is 0.210. The second-order valence-corrected chi connectivity index (χ2v) is 15.5. The van der Waals surface area contributed by atoms with Crippen molar-refractivity contribution in [2.75, 3.05) is 36.7 Å². The summed E-state index contributed by atoms with van der Waals surface area (Å²) in [6.45, 7) is 7.14. The maximum absolute atomic E-state index is 15.3. The molecule has 0 saturated carbocycles. The predicted octanol–water partition coefficient (Wildman–Crippen LogP) is 6.50. The zero-order valence-corrected chi connectivity index (χ0v) is 31.2. The number of amides is 3. The van der Waals surface area contributed by atoms with Gasteiger partial charge < -0.3 is 29.1 Å². The van der Waals surface area contributed by atoms with E-state index in [2.05, 4.69) is 32.9 Å². The van der Waals surface area contributed by atoms with Crippen LogP contribution in [0.4, 0.5) is 17.1 Å². The van der Waals surface area contributed by atoms with Crippen molar-refractivity contribution in [2.24, 2.45) is 11.8 Å². The Kier molecular flexibility index (Phi) is 9.22. The highest BCUT2D eigenvalue weighted by Crippen LogP contribution is 2.60. The first kappa shape index (κ1) is 35.8. The summed E-state index contributed by atoms with van der Waals surface area (Å²) < 4.78 is 18.3. The molecular formula is C44H47N3O7. The Hall–Kier alpha value is -5.19. The molecule has 10 nitrogen and oxygen atoms in total. The molecule has 2 saturated heterocycles. The van der Waals surface area contributed by atoms with Gasteiger partial charge in [-0.2, -0.15) is 0 Å². The van der Waals surface area contributed by atoms with Gasteiger partial charge in [0.2, 0.25) is 5.91 Å². The van der Waals surface area contributed by atoms with Crippen molar-refractivity contribution in [1.29, 1.82) is 0 Å². The minimum Gasteiger partial charge on any atom is -0.497 e. The SMILES string of the molecule is COc1ccc(C(C)(C)[C@H]2[C@H](CC(=O)N3CCC[C@H]3CO)O[C@@]3(C(=O)N(Cc4cccc(N5C(=O)COc6ccccc65)c4)c4ccccc43)[C@@H]2C)cc1. The average Bonchev–Trinajstić information content (AvgIpc) is 3.85. The minimum absolute atomic E-state index is 0.0624. The number of para-hydroxylation sites is 3. The molecule has 280 valence electrons. The van der Waals surface area contributed by atoms with Crippen LogP contribution in [0.3, 0.4) is 0 Å². The van der Waals surface area contributed by atoms with Gasteiger partial charge in [0.1, 0.15) is 11.5 Å². The van der Waals surface area contributed by atoms with E-state index in [1.54, 1.807) is 21.8 Å². The molecule has 0 radical (unpaired) electrons. The summed E-state index contributed by atoms with van der Waals surface area (Å²) in [7, 11) is 1.64. The molecule has 0 unspecified atom stereocenters. The van der Waals surface area contributed by atoms with Crippen LogP contribution in [0.5, 0.6) is 11.5 Å². The van der Waals surface area contributed by atoms with E-state index in [0.29, 0.717) is 23.7 Å². The third-order valence-corrected chi connectivity index (χ3v) is 12.2. The number of anilines is 3. The lowest BCUT2D eigenvalue weighted by atomic mass is 9.63. The molecule has 0 bridgehead atoms. The summed E-state index contributed by atoms with van der Waals surface area (Å²) in [5.74, 6) is 0.407. The number of likely N-dealkylation sites (tertiary alicyclic amines) is 1. The van der Waals surface area contributed by atoms with Gasteiger partial charge in [-0.05, 0) is 71.8 Å². The molecular weight excluding hydrogens is 682 g/mol. The van der Waals surface area contributed by atoms with E-state index in [1.165, 1.54) is 0 Å². The Morgan fingerprint density at radius 3 is 2.46 bits per heavy atom. The molecule has 5 atom stereocenters. The van der Waals surface area contributed by atoms with Crippen molar-refractivity contribution in [2.45, 2.75) is 69.7 Å². The number of hydrogen-bond donors (Lipinski definition) is 1. The number of hydrogen-bond acceptors (Lipinski definition) is 7. The number of fused-ring (bicyclic) bond motifs is 3. The summed E-state index contributed by atoms with van der Waals surface area (Å²) in [6.07, 6.45) is 1.12. The number of carbonyl (C=O) groups excluding carboxylic acids is 3. The lowest BCUT2D eigenvalue weighted by molar-refractivity contribution is -0.150. The number of benzene rings is 4. The third kappa shape index (κ3) is 5.74. The summed E-state index contributed by atoms with van der Waals surface area (Å²) >= 11 is 0. The van der Waals surface area contributed by atoms with Gasteiger partial charge >= 0.3 is 0 Å². The fourth-order valence-corrected chi connectivity index (χ4v) is 9.63. The first-order valence-electron chi connectivity index (χ1n) is 18.9. The van der Waals surface area contributed by atoms with Crippen LogP contribution >= 0.6 is 0 Å². The van der Waals surface area contributed by atoms with E-state index in [4.69, 9.17) is 14.2 Å². The Bertz CT molecular complexity index is 2080. The molecule has 4 aliphatic rings. The minimum atomic E-state index is -1.34. The molecule has 1 spiro atoms. The largest absolute Gasteiger partial charge is 0.497 e. The van der Waals surface area contributed by atoms with Crippen molar-refractivity contribution in [1.82, 2.24) is 4.90 Å². The average molecular weight is 730 g/mol. The number of ether oxygens (including phenoxy) is 3. The van der Waals surface area contributed by atoms with Gasteiger partial charge in [-0.3, -0.25) is 19.3 Å². The fraction of sp³-hybridized carbons (Fsp3) is 0.386. The number of aliphatic hydroxyl groups is 1. The number of aliphatic hydroxyl groups excluding tert-OH is 1. The lowest BCUT2D eigenvalue weighted by Crippen LogP contribution is -2.45. The molecule has 2 fully saturated rings. The van der Waals surface area contributed by atoms with Crippen LogP contribution in [0, 0.1) is 11.8 Å². The van der Waals surface area contributed by atoms with Crippen molar-refractivity contribution >= 4 is 34.8 Å². The van der Waals surface area contributed by atoms with E-state index >= 15 is 4.79 Å². The van der Waals surface area contributed by atoms with Gasteiger partial charge in [0.15, 0.2) is 12.2 Å². The molecule has 4 aliphatic heterocycles. The van der Waals surface area contributed by atoms with Crippen molar-refractivity contribution in [3.63, 3.8) is 0 Å². The zero-order chi connectivity index (χ0) is 37.8. The summed E-state index contributed by atoms with van der Waals surface area (Å²) in [6, 6.07) is 30.8. The molecule has 0 aliphatic carbocycles. The summed E-state index contributed by atoms with van der Waals surface area (Å²) in [4.78, 5) is 47.7. The number of methoxy groups -OCH3 is 1. The van der Waals surface area contributed by atoms with E-state index in [-0.39, 0.29) is 61.8 Å². The van der Waals surface area contributed by atoms with Crippen molar-refractivity contribution in [3.05, 3.63) is 114 Å². The predicted molar refractivity (Wildman–Crippen MR) is 205 cm³/mol. The number of rotatable bonds is 9. The highest BCUT2D eigenvalue weighted by molar-refractivity contribution is 6.08. The fourth-order valence-electron chi connectivity index (χ4n) is 9.63. The zero-order valence-electron chi connectivity index (χ0n) is 31.2. The van der Waals surface area contributed by atoms with E-state index < -0.39 is 17.1 Å². The standard InChI is InChI=1S/C44H47N3O7/c1-28-41(43(2,3)30-18-20-33(52-4)21-19-30)38(24-39(49)45-22-10-13-32(45)26-48)54-44(28)34-14-5-6-15-35(34)46(42(44)51)25-29-11-9-12-31(23-29)47-36-16-7-8-17-37(36)53-27-40(47)50/h5-9,11-12,14-21,23,28,32,38,41,48H,10,13,22,24-27H2,1-4H3/t28-,32+,38+,41-,44+/m1/s1. The van der Waals surface area contributed by atoms with Gasteiger partial charge in [0.05, 0.1) is 50.2 Å². The number of carbonyl (C=O) groups is 3. The molecule has 4 aromatic carbocycles. The van der Waals surface area contributed by atoms with Crippen molar-refractivity contribution in [3.8, 4) is 11.5 Å². The maximum Gasteiger partial charge on any atom is 0.269 e. The smallest absolute Gasteiger partial charge is 0.269 e.